The highest BCUT2D eigenvalue weighted by atomic mass is 32.2. The number of carbonyl (C=O) groups is 1. The van der Waals surface area contributed by atoms with E-state index in [0.717, 1.165) is 16.4 Å². The molecule has 1 aromatic carbocycles. The number of amides is 1. The van der Waals surface area contributed by atoms with E-state index in [1.54, 1.807) is 13.8 Å². The summed E-state index contributed by atoms with van der Waals surface area (Å²) < 4.78 is 53.7. The number of sulfonamides is 1. The monoisotopic (exact) mass is 386 g/mol. The molecule has 26 heavy (non-hydrogen) atoms. The number of nitrogens with zero attached hydrogens (tertiary/aromatic N) is 3. The first kappa shape index (κ1) is 20.0. The number of hydrogen-bond acceptors (Lipinski definition) is 4. The van der Waals surface area contributed by atoms with Crippen LogP contribution >= 0.6 is 0 Å². The Morgan fingerprint density at radius 1 is 1.27 bits per heavy atom. The van der Waals surface area contributed by atoms with Gasteiger partial charge in [0, 0.05) is 26.6 Å². The second-order valence-corrected chi connectivity index (χ2v) is 8.02. The Morgan fingerprint density at radius 3 is 2.50 bits per heavy atom. The summed E-state index contributed by atoms with van der Waals surface area (Å²) in [7, 11) is -0.796. The number of rotatable bonds is 6. The van der Waals surface area contributed by atoms with Gasteiger partial charge in [-0.25, -0.2) is 21.5 Å². The molecule has 1 heterocycles. The van der Waals surface area contributed by atoms with Crippen LogP contribution in [0.15, 0.2) is 23.1 Å². The van der Waals surface area contributed by atoms with E-state index in [0.29, 0.717) is 17.5 Å². The summed E-state index contributed by atoms with van der Waals surface area (Å²) in [6.45, 7) is 3.30. The second kappa shape index (κ2) is 7.50. The largest absolute Gasteiger partial charge is 0.324 e. The van der Waals surface area contributed by atoms with Gasteiger partial charge in [0.1, 0.15) is 16.5 Å². The summed E-state index contributed by atoms with van der Waals surface area (Å²) in [5, 5.41) is 6.52. The third-order valence-corrected chi connectivity index (χ3v) is 5.88. The summed E-state index contributed by atoms with van der Waals surface area (Å²) >= 11 is 0. The molecular weight excluding hydrogens is 366 g/mol. The van der Waals surface area contributed by atoms with E-state index in [9.17, 15) is 22.0 Å². The van der Waals surface area contributed by atoms with Crippen LogP contribution in [0.3, 0.4) is 0 Å². The van der Waals surface area contributed by atoms with E-state index in [2.05, 4.69) is 10.4 Å². The van der Waals surface area contributed by atoms with Crippen molar-refractivity contribution in [3.63, 3.8) is 0 Å². The van der Waals surface area contributed by atoms with Crippen LogP contribution < -0.4 is 5.32 Å². The highest BCUT2D eigenvalue weighted by Crippen LogP contribution is 2.22. The molecule has 1 aromatic heterocycles. The number of hydrogen-bond donors (Lipinski definition) is 1. The van der Waals surface area contributed by atoms with Gasteiger partial charge in [-0.15, -0.1) is 0 Å². The van der Waals surface area contributed by atoms with Crippen LogP contribution in [0.5, 0.6) is 0 Å². The minimum absolute atomic E-state index is 0.0553. The lowest BCUT2D eigenvalue weighted by atomic mass is 10.3. The van der Waals surface area contributed by atoms with Crippen molar-refractivity contribution in [3.05, 3.63) is 41.2 Å². The van der Waals surface area contributed by atoms with Crippen molar-refractivity contribution >= 4 is 21.6 Å². The van der Waals surface area contributed by atoms with Crippen LogP contribution in [0.25, 0.3) is 0 Å². The Balaban J connectivity index is 2.12. The van der Waals surface area contributed by atoms with Gasteiger partial charge < -0.3 is 5.32 Å². The number of halogens is 2. The summed E-state index contributed by atoms with van der Waals surface area (Å²) in [6, 6.07) is 2.85. The molecule has 142 valence electrons. The molecule has 2 aromatic rings. The van der Waals surface area contributed by atoms with Crippen molar-refractivity contribution in [1.82, 2.24) is 14.1 Å². The topological polar surface area (TPSA) is 84.3 Å². The van der Waals surface area contributed by atoms with Crippen LogP contribution in [0, 0.1) is 25.5 Å². The molecule has 2 rings (SSSR count). The van der Waals surface area contributed by atoms with Gasteiger partial charge in [-0.2, -0.15) is 5.10 Å². The molecule has 0 bridgehead atoms. The van der Waals surface area contributed by atoms with Crippen molar-refractivity contribution in [3.8, 4) is 0 Å². The lowest BCUT2D eigenvalue weighted by Crippen LogP contribution is -2.23. The first-order valence-corrected chi connectivity index (χ1v) is 9.19. The lowest BCUT2D eigenvalue weighted by Gasteiger charge is -2.12. The zero-order valence-corrected chi connectivity index (χ0v) is 15.7. The third kappa shape index (κ3) is 4.07. The number of anilines is 1. The van der Waals surface area contributed by atoms with Gasteiger partial charge in [0.15, 0.2) is 0 Å². The highest BCUT2D eigenvalue weighted by molar-refractivity contribution is 7.89. The predicted molar refractivity (Wildman–Crippen MR) is 92.2 cm³/mol. The van der Waals surface area contributed by atoms with Crippen LogP contribution in [0.4, 0.5) is 14.5 Å². The number of aryl methyl sites for hydroxylation is 2. The van der Waals surface area contributed by atoms with Crippen LogP contribution in [-0.4, -0.2) is 42.5 Å². The molecule has 0 aliphatic heterocycles. The fourth-order valence-corrected chi connectivity index (χ4v) is 3.72. The van der Waals surface area contributed by atoms with Gasteiger partial charge in [0.05, 0.1) is 23.6 Å². The fourth-order valence-electron chi connectivity index (χ4n) is 2.47. The van der Waals surface area contributed by atoms with E-state index in [4.69, 9.17) is 0 Å². The second-order valence-electron chi connectivity index (χ2n) is 5.93. The van der Waals surface area contributed by atoms with Crippen LogP contribution in [-0.2, 0) is 21.4 Å². The zero-order chi connectivity index (χ0) is 19.6. The maximum atomic E-state index is 13.6. The first-order valence-electron chi connectivity index (χ1n) is 7.75. The molecule has 0 aliphatic carbocycles. The summed E-state index contributed by atoms with van der Waals surface area (Å²) in [6.07, 6.45) is -0.0553. The number of nitrogens with one attached hydrogen (secondary N) is 1. The van der Waals surface area contributed by atoms with Crippen molar-refractivity contribution in [2.75, 3.05) is 19.4 Å². The van der Waals surface area contributed by atoms with Gasteiger partial charge in [-0.05, 0) is 26.0 Å². The average Bonchev–Trinajstić information content (AvgIpc) is 2.82. The highest BCUT2D eigenvalue weighted by Gasteiger charge is 2.26. The van der Waals surface area contributed by atoms with E-state index >= 15 is 0 Å². The minimum atomic E-state index is -3.65. The summed E-state index contributed by atoms with van der Waals surface area (Å²) in [5.41, 5.74) is 0.624. The molecule has 0 saturated heterocycles. The number of aromatic nitrogens is 2. The Labute approximate surface area is 150 Å². The summed E-state index contributed by atoms with van der Waals surface area (Å²) in [4.78, 5) is 12.1. The molecule has 1 N–H and O–H groups in total. The molecule has 0 aliphatic rings. The average molecular weight is 386 g/mol. The molecule has 1 amide bonds. The van der Waals surface area contributed by atoms with E-state index < -0.39 is 27.6 Å². The maximum absolute atomic E-state index is 13.6. The molecule has 0 unspecified atom stereocenters. The van der Waals surface area contributed by atoms with Gasteiger partial charge in [0.2, 0.25) is 15.9 Å². The van der Waals surface area contributed by atoms with Crippen LogP contribution in [0.1, 0.15) is 17.8 Å². The van der Waals surface area contributed by atoms with Gasteiger partial charge in [0.25, 0.3) is 0 Å². The minimum Gasteiger partial charge on any atom is -0.324 e. The van der Waals surface area contributed by atoms with Gasteiger partial charge in [-0.1, -0.05) is 0 Å². The Bertz CT molecular complexity index is 939. The fraction of sp³-hybridized carbons (Fsp3) is 0.375. The smallest absolute Gasteiger partial charge is 0.246 e. The van der Waals surface area contributed by atoms with Gasteiger partial charge in [-0.3, -0.25) is 9.48 Å². The SMILES string of the molecule is Cc1nn(CCC(=O)Nc2ccc(F)cc2F)c(C)c1S(=O)(=O)N(C)C. The Morgan fingerprint density at radius 2 is 1.92 bits per heavy atom. The standard InChI is InChI=1S/C16H20F2N4O3S/c1-10-16(26(24,25)21(3)4)11(2)22(20-10)8-7-15(23)19-14-6-5-12(17)9-13(14)18/h5-6,9H,7-8H2,1-4H3,(H,19,23). The van der Waals surface area contributed by atoms with Crippen molar-refractivity contribution in [2.24, 2.45) is 0 Å². The maximum Gasteiger partial charge on any atom is 0.246 e. The van der Waals surface area contributed by atoms with Crippen molar-refractivity contribution < 1.29 is 22.0 Å². The number of benzene rings is 1. The molecule has 10 heteroatoms. The van der Waals surface area contributed by atoms with Gasteiger partial charge >= 0.3 is 0 Å². The lowest BCUT2D eigenvalue weighted by molar-refractivity contribution is -0.116. The molecule has 0 saturated carbocycles. The Hall–Kier alpha value is -2.33. The van der Waals surface area contributed by atoms with Crippen LogP contribution in [0.2, 0.25) is 0 Å². The van der Waals surface area contributed by atoms with E-state index in [-0.39, 0.29) is 23.5 Å². The quantitative estimate of drug-likeness (QED) is 0.824. The molecular formula is C16H20F2N4O3S. The zero-order valence-electron chi connectivity index (χ0n) is 14.9. The third-order valence-electron chi connectivity index (χ3n) is 3.81. The van der Waals surface area contributed by atoms with E-state index in [1.165, 1.54) is 18.8 Å². The van der Waals surface area contributed by atoms with Crippen molar-refractivity contribution in [1.29, 1.82) is 0 Å². The molecule has 0 fully saturated rings. The number of carbonyl (C=O) groups excluding carboxylic acids is 1. The molecule has 0 spiro atoms. The van der Waals surface area contributed by atoms with Crippen molar-refractivity contribution in [2.45, 2.75) is 31.7 Å². The molecule has 7 nitrogen and oxygen atoms in total. The Kier molecular flexibility index (Phi) is 5.77. The predicted octanol–water partition coefficient (Wildman–Crippen LogP) is 2.06. The molecule has 0 radical (unpaired) electrons. The molecule has 0 atom stereocenters. The normalized spacial score (nSPS) is 11.8. The first-order chi connectivity index (χ1) is 12.0. The van der Waals surface area contributed by atoms with E-state index in [1.807, 2.05) is 0 Å². The summed E-state index contributed by atoms with van der Waals surface area (Å²) in [5.74, 6) is -2.11.